The number of rotatable bonds is 7. The third-order valence-corrected chi connectivity index (χ3v) is 4.75. The van der Waals surface area contributed by atoms with Crippen LogP contribution in [0.25, 0.3) is 0 Å². The average molecular weight is 274 g/mol. The van der Waals surface area contributed by atoms with E-state index in [0.717, 1.165) is 0 Å². The van der Waals surface area contributed by atoms with Crippen molar-refractivity contribution in [3.63, 3.8) is 0 Å². The molecule has 0 aliphatic rings. The second-order valence-electron chi connectivity index (χ2n) is 4.34. The molecular weight excluding hydrogens is 255 g/mol. The molecule has 1 unspecified atom stereocenters. The number of halogens is 1. The fraction of sp³-hybridized carbons (Fsp3) is 0.538. The Kier molecular flexibility index (Phi) is 5.75. The summed E-state index contributed by atoms with van der Waals surface area (Å²) in [4.78, 5) is 0. The largest absolute Gasteiger partial charge is 0.396 e. The van der Waals surface area contributed by atoms with Gasteiger partial charge in [-0.25, -0.2) is 12.8 Å². The summed E-state index contributed by atoms with van der Waals surface area (Å²) in [5.74, 6) is -0.731. The Morgan fingerprint density at radius 1 is 1.28 bits per heavy atom. The topological polar surface area (TPSA) is 54.4 Å². The summed E-state index contributed by atoms with van der Waals surface area (Å²) >= 11 is 0. The molecule has 18 heavy (non-hydrogen) atoms. The molecule has 1 atom stereocenters. The molecule has 1 aromatic rings. The van der Waals surface area contributed by atoms with Gasteiger partial charge in [0.05, 0.1) is 12.4 Å². The predicted octanol–water partition coefficient (Wildman–Crippen LogP) is 2.12. The van der Waals surface area contributed by atoms with Crippen LogP contribution < -0.4 is 0 Å². The molecular formula is C13H19FO3S. The minimum absolute atomic E-state index is 0.0135. The summed E-state index contributed by atoms with van der Waals surface area (Å²) in [6.07, 6.45) is 0.825. The van der Waals surface area contributed by atoms with E-state index in [4.69, 9.17) is 0 Å². The van der Waals surface area contributed by atoms with E-state index in [2.05, 4.69) is 0 Å². The molecule has 3 nitrogen and oxygen atoms in total. The Morgan fingerprint density at radius 2 is 1.94 bits per heavy atom. The Balaban J connectivity index is 2.72. The van der Waals surface area contributed by atoms with Crippen molar-refractivity contribution in [3.8, 4) is 0 Å². The molecule has 0 amide bonds. The molecule has 0 heterocycles. The van der Waals surface area contributed by atoms with E-state index in [-0.39, 0.29) is 24.5 Å². The first-order valence-electron chi connectivity index (χ1n) is 6.06. The molecule has 0 aromatic heterocycles. The van der Waals surface area contributed by atoms with Crippen molar-refractivity contribution in [2.24, 2.45) is 0 Å². The maximum atomic E-state index is 13.5. The van der Waals surface area contributed by atoms with Crippen LogP contribution in [0.4, 0.5) is 4.39 Å². The maximum Gasteiger partial charge on any atom is 0.150 e. The van der Waals surface area contributed by atoms with Crippen LogP contribution in [0.15, 0.2) is 24.3 Å². The third-order valence-electron chi connectivity index (χ3n) is 2.86. The summed E-state index contributed by atoms with van der Waals surface area (Å²) in [6, 6.07) is 6.16. The molecule has 1 aromatic carbocycles. The second-order valence-corrected chi connectivity index (χ2v) is 6.65. The summed E-state index contributed by atoms with van der Waals surface area (Å²) in [6.45, 7) is 1.56. The summed E-state index contributed by atoms with van der Waals surface area (Å²) in [5.41, 5.74) is 0.381. The van der Waals surface area contributed by atoms with Crippen LogP contribution in [0, 0.1) is 5.82 Å². The Bertz CT molecular complexity index is 471. The van der Waals surface area contributed by atoms with Crippen LogP contribution in [-0.4, -0.2) is 31.6 Å². The van der Waals surface area contributed by atoms with E-state index in [1.165, 1.54) is 6.07 Å². The number of benzene rings is 1. The number of aliphatic hydroxyl groups is 1. The molecule has 0 radical (unpaired) electrons. The zero-order chi connectivity index (χ0) is 13.6. The van der Waals surface area contributed by atoms with Crippen LogP contribution in [0.1, 0.15) is 31.2 Å². The number of sulfone groups is 1. The van der Waals surface area contributed by atoms with Crippen molar-refractivity contribution in [2.45, 2.75) is 25.7 Å². The van der Waals surface area contributed by atoms with Gasteiger partial charge in [-0.2, -0.15) is 0 Å². The lowest BCUT2D eigenvalue weighted by Crippen LogP contribution is -2.16. The van der Waals surface area contributed by atoms with Crippen LogP contribution in [-0.2, 0) is 9.84 Å². The normalized spacial score (nSPS) is 13.5. The standard InChI is InChI=1S/C13H19FO3S/c1-2-8-18(16,17)9-7-11(10-15)12-5-3-4-6-13(12)14/h3-6,11,15H,2,7-10H2,1H3. The summed E-state index contributed by atoms with van der Waals surface area (Å²) < 4.78 is 36.7. The van der Waals surface area contributed by atoms with Gasteiger partial charge in [0, 0.05) is 11.7 Å². The van der Waals surface area contributed by atoms with Gasteiger partial charge in [-0.1, -0.05) is 25.1 Å². The van der Waals surface area contributed by atoms with Gasteiger partial charge < -0.3 is 5.11 Å². The highest BCUT2D eigenvalue weighted by atomic mass is 32.2. The van der Waals surface area contributed by atoms with Gasteiger partial charge in [-0.05, 0) is 24.5 Å². The van der Waals surface area contributed by atoms with E-state index in [9.17, 15) is 17.9 Å². The quantitative estimate of drug-likeness (QED) is 0.828. The molecule has 0 saturated heterocycles. The van der Waals surface area contributed by atoms with Crippen molar-refractivity contribution >= 4 is 9.84 Å². The molecule has 0 saturated carbocycles. The Hall–Kier alpha value is -0.940. The monoisotopic (exact) mass is 274 g/mol. The smallest absolute Gasteiger partial charge is 0.150 e. The third kappa shape index (κ3) is 4.38. The van der Waals surface area contributed by atoms with Crippen molar-refractivity contribution in [3.05, 3.63) is 35.6 Å². The Morgan fingerprint density at radius 3 is 2.50 bits per heavy atom. The Labute approximate surface area is 108 Å². The lowest BCUT2D eigenvalue weighted by molar-refractivity contribution is 0.260. The highest BCUT2D eigenvalue weighted by Gasteiger charge is 2.18. The van der Waals surface area contributed by atoms with Crippen molar-refractivity contribution < 1.29 is 17.9 Å². The van der Waals surface area contributed by atoms with Gasteiger partial charge in [0.1, 0.15) is 15.7 Å². The lowest BCUT2D eigenvalue weighted by Gasteiger charge is -2.15. The summed E-state index contributed by atoms with van der Waals surface area (Å²) in [7, 11) is -3.09. The molecule has 5 heteroatoms. The van der Waals surface area contributed by atoms with Crippen LogP contribution in [0.2, 0.25) is 0 Å². The van der Waals surface area contributed by atoms with Crippen LogP contribution >= 0.6 is 0 Å². The lowest BCUT2D eigenvalue weighted by atomic mass is 9.97. The SMILES string of the molecule is CCCS(=O)(=O)CCC(CO)c1ccccc1F. The first-order valence-corrected chi connectivity index (χ1v) is 7.88. The average Bonchev–Trinajstić information content (AvgIpc) is 2.32. The zero-order valence-corrected chi connectivity index (χ0v) is 11.3. The molecule has 102 valence electrons. The van der Waals surface area contributed by atoms with Gasteiger partial charge in [0.2, 0.25) is 0 Å². The van der Waals surface area contributed by atoms with Gasteiger partial charge in [0.25, 0.3) is 0 Å². The molecule has 0 spiro atoms. The highest BCUT2D eigenvalue weighted by Crippen LogP contribution is 2.22. The molecule has 0 aliphatic carbocycles. The van der Waals surface area contributed by atoms with E-state index in [1.54, 1.807) is 25.1 Å². The van der Waals surface area contributed by atoms with Crippen LogP contribution in [0.5, 0.6) is 0 Å². The maximum absolute atomic E-state index is 13.5. The number of aliphatic hydroxyl groups excluding tert-OH is 1. The van der Waals surface area contributed by atoms with E-state index >= 15 is 0 Å². The minimum Gasteiger partial charge on any atom is -0.396 e. The van der Waals surface area contributed by atoms with E-state index < -0.39 is 21.6 Å². The number of hydrogen-bond donors (Lipinski definition) is 1. The zero-order valence-electron chi connectivity index (χ0n) is 10.5. The van der Waals surface area contributed by atoms with Gasteiger partial charge in [-0.15, -0.1) is 0 Å². The molecule has 0 aliphatic heterocycles. The second kappa shape index (κ2) is 6.85. The molecule has 0 bridgehead atoms. The first kappa shape index (κ1) is 15.1. The van der Waals surface area contributed by atoms with E-state index in [0.29, 0.717) is 12.0 Å². The van der Waals surface area contributed by atoms with Crippen molar-refractivity contribution in [1.82, 2.24) is 0 Å². The minimum atomic E-state index is -3.09. The van der Waals surface area contributed by atoms with Crippen molar-refractivity contribution in [1.29, 1.82) is 0 Å². The molecule has 1 N–H and O–H groups in total. The van der Waals surface area contributed by atoms with Crippen LogP contribution in [0.3, 0.4) is 0 Å². The highest BCUT2D eigenvalue weighted by molar-refractivity contribution is 7.91. The summed E-state index contributed by atoms with van der Waals surface area (Å²) in [5, 5.41) is 9.27. The molecule has 1 rings (SSSR count). The fourth-order valence-electron chi connectivity index (χ4n) is 1.89. The van der Waals surface area contributed by atoms with Crippen molar-refractivity contribution in [2.75, 3.05) is 18.1 Å². The van der Waals surface area contributed by atoms with E-state index in [1.807, 2.05) is 0 Å². The fourth-order valence-corrected chi connectivity index (χ4v) is 3.36. The van der Waals surface area contributed by atoms with Gasteiger partial charge >= 0.3 is 0 Å². The molecule has 0 fully saturated rings. The van der Waals surface area contributed by atoms with Gasteiger partial charge in [-0.3, -0.25) is 0 Å². The van der Waals surface area contributed by atoms with Gasteiger partial charge in [0.15, 0.2) is 0 Å². The number of hydrogen-bond acceptors (Lipinski definition) is 3. The first-order chi connectivity index (χ1) is 8.50. The predicted molar refractivity (Wildman–Crippen MR) is 69.8 cm³/mol.